The third-order valence-corrected chi connectivity index (χ3v) is 7.01. The van der Waals surface area contributed by atoms with E-state index in [1.54, 1.807) is 25.1 Å². The van der Waals surface area contributed by atoms with Gasteiger partial charge in [0.15, 0.2) is 0 Å². The van der Waals surface area contributed by atoms with E-state index >= 15 is 0 Å². The highest BCUT2D eigenvalue weighted by Crippen LogP contribution is 2.32. The van der Waals surface area contributed by atoms with Gasteiger partial charge in [0.2, 0.25) is 5.91 Å². The van der Waals surface area contributed by atoms with Gasteiger partial charge >= 0.3 is 5.97 Å². The lowest BCUT2D eigenvalue weighted by Crippen LogP contribution is -2.34. The Hall–Kier alpha value is -3.78. The van der Waals surface area contributed by atoms with Crippen LogP contribution in [0.5, 0.6) is 5.75 Å². The molecule has 2 N–H and O–H groups in total. The number of hydrogen-bond acceptors (Lipinski definition) is 5. The van der Waals surface area contributed by atoms with E-state index in [9.17, 15) is 14.0 Å². The van der Waals surface area contributed by atoms with Crippen molar-refractivity contribution in [3.05, 3.63) is 86.6 Å². The number of nitrogens with one attached hydrogen (secondary N) is 1. The van der Waals surface area contributed by atoms with Crippen molar-refractivity contribution in [2.24, 2.45) is 0 Å². The minimum Gasteiger partial charge on any atom is -0.493 e. The summed E-state index contributed by atoms with van der Waals surface area (Å²) in [7, 11) is 0. The predicted octanol–water partition coefficient (Wildman–Crippen LogP) is 4.36. The Labute approximate surface area is 231 Å². The SMILES string of the molecule is C=c1nc(CCCCC(=O)O)c(C2C=CC(Cl)=CC2)n/c1=C/C=C(\C)C(=O)N[C@@H]1CCOc2cc(F)ccc21. The molecule has 1 amide bonds. The number of aryl methyl sites for hydroxylation is 1. The number of nitrogens with zero attached hydrogens (tertiary/aromatic N) is 2. The fraction of sp³-hybridized carbons (Fsp3) is 0.333. The maximum Gasteiger partial charge on any atom is 0.303 e. The lowest BCUT2D eigenvalue weighted by molar-refractivity contribution is -0.137. The third-order valence-electron chi connectivity index (χ3n) is 6.73. The van der Waals surface area contributed by atoms with Crippen LogP contribution in [-0.4, -0.2) is 33.6 Å². The number of hydrogen-bond donors (Lipinski definition) is 2. The lowest BCUT2D eigenvalue weighted by Gasteiger charge is -2.26. The number of rotatable bonds is 9. The van der Waals surface area contributed by atoms with Crippen LogP contribution in [-0.2, 0) is 16.0 Å². The highest BCUT2D eigenvalue weighted by molar-refractivity contribution is 6.31. The van der Waals surface area contributed by atoms with Gasteiger partial charge in [-0.05, 0) is 50.8 Å². The van der Waals surface area contributed by atoms with Gasteiger partial charge < -0.3 is 15.2 Å². The summed E-state index contributed by atoms with van der Waals surface area (Å²) in [4.78, 5) is 33.4. The molecule has 4 rings (SSSR count). The Morgan fingerprint density at radius 1 is 1.31 bits per heavy atom. The number of fused-ring (bicyclic) bond motifs is 1. The molecule has 1 aromatic heterocycles. The number of allylic oxidation sites excluding steroid dienone is 5. The molecule has 9 heteroatoms. The average Bonchev–Trinajstić information content (AvgIpc) is 2.90. The van der Waals surface area contributed by atoms with E-state index in [1.807, 2.05) is 18.2 Å². The summed E-state index contributed by atoms with van der Waals surface area (Å²) in [5.41, 5.74) is 2.80. The van der Waals surface area contributed by atoms with Gasteiger partial charge in [-0.2, -0.15) is 0 Å². The van der Waals surface area contributed by atoms with Crippen LogP contribution >= 0.6 is 11.6 Å². The summed E-state index contributed by atoms with van der Waals surface area (Å²) in [6.45, 7) is 6.16. The number of benzene rings is 1. The summed E-state index contributed by atoms with van der Waals surface area (Å²) in [5.74, 6) is -1.03. The van der Waals surface area contributed by atoms with Crippen LogP contribution < -0.4 is 20.8 Å². The quantitative estimate of drug-likeness (QED) is 0.355. The number of carboxylic acids is 1. The molecule has 1 unspecified atom stereocenters. The first-order chi connectivity index (χ1) is 18.7. The van der Waals surface area contributed by atoms with Crippen molar-refractivity contribution < 1.29 is 23.8 Å². The van der Waals surface area contributed by atoms with Crippen LogP contribution in [0.3, 0.4) is 0 Å². The standard InChI is InChI=1S/C30H31ClFN3O4/c1-18(30(38)35-25-15-16-39-27-17-22(32)12-13-23(25)27)7-14-24-19(2)33-26(5-3-4-6-28(36)37)29(34-24)20-8-10-21(31)11-9-20/h7-8,10-14,17,20,25H,2-6,9,15-16H2,1H3,(H,35,38)(H,36,37)/b18-7+,24-14+/t20?,25-/m1/s1. The smallest absolute Gasteiger partial charge is 0.303 e. The monoisotopic (exact) mass is 551 g/mol. The van der Waals surface area contributed by atoms with Gasteiger partial charge in [-0.15, -0.1) is 0 Å². The zero-order valence-electron chi connectivity index (χ0n) is 21.8. The maximum atomic E-state index is 13.6. The van der Waals surface area contributed by atoms with E-state index < -0.39 is 5.97 Å². The van der Waals surface area contributed by atoms with Crippen molar-refractivity contribution in [2.45, 2.75) is 57.4 Å². The second kappa shape index (κ2) is 12.8. The van der Waals surface area contributed by atoms with Crippen molar-refractivity contribution >= 4 is 36.1 Å². The Morgan fingerprint density at radius 2 is 2.13 bits per heavy atom. The van der Waals surface area contributed by atoms with Crippen molar-refractivity contribution in [3.8, 4) is 5.75 Å². The first-order valence-electron chi connectivity index (χ1n) is 12.9. The average molecular weight is 552 g/mol. The predicted molar refractivity (Wildman–Crippen MR) is 148 cm³/mol. The Bertz CT molecular complexity index is 1470. The minimum atomic E-state index is -0.819. The van der Waals surface area contributed by atoms with Crippen LogP contribution in [0.15, 0.2) is 53.1 Å². The fourth-order valence-corrected chi connectivity index (χ4v) is 4.74. The molecule has 2 atom stereocenters. The van der Waals surface area contributed by atoms with Crippen molar-refractivity contribution in [1.29, 1.82) is 0 Å². The number of amides is 1. The van der Waals surface area contributed by atoms with Gasteiger partial charge in [0.05, 0.1) is 34.7 Å². The minimum absolute atomic E-state index is 0.0194. The summed E-state index contributed by atoms with van der Waals surface area (Å²) < 4.78 is 19.1. The van der Waals surface area contributed by atoms with Crippen molar-refractivity contribution in [3.63, 3.8) is 0 Å². The molecule has 39 heavy (non-hydrogen) atoms. The molecule has 7 nitrogen and oxygen atoms in total. The van der Waals surface area contributed by atoms with Gasteiger partial charge in [-0.3, -0.25) is 9.59 Å². The van der Waals surface area contributed by atoms with Gasteiger partial charge in [0.1, 0.15) is 11.6 Å². The van der Waals surface area contributed by atoms with Crippen molar-refractivity contribution in [1.82, 2.24) is 15.3 Å². The zero-order valence-corrected chi connectivity index (χ0v) is 22.5. The molecule has 1 aliphatic heterocycles. The lowest BCUT2D eigenvalue weighted by atomic mass is 9.93. The Kier molecular flexibility index (Phi) is 9.30. The number of carbonyl (C=O) groups is 2. The van der Waals surface area contributed by atoms with E-state index in [-0.39, 0.29) is 30.1 Å². The van der Waals surface area contributed by atoms with Crippen LogP contribution in [0.1, 0.15) is 67.9 Å². The van der Waals surface area contributed by atoms with Crippen LogP contribution in [0, 0.1) is 5.82 Å². The molecule has 204 valence electrons. The molecule has 2 heterocycles. The molecule has 0 spiro atoms. The molecule has 2 aromatic rings. The van der Waals surface area contributed by atoms with E-state index in [0.717, 1.165) is 17.0 Å². The molecular formula is C30H31ClFN3O4. The van der Waals surface area contributed by atoms with Crippen LogP contribution in [0.2, 0.25) is 0 Å². The summed E-state index contributed by atoms with van der Waals surface area (Å²) in [6, 6.07) is 4.04. The Balaban J connectivity index is 1.55. The first kappa shape index (κ1) is 28.2. The molecule has 1 aliphatic carbocycles. The highest BCUT2D eigenvalue weighted by atomic mass is 35.5. The molecule has 0 fully saturated rings. The number of halogens is 2. The molecule has 1 aromatic carbocycles. The van der Waals surface area contributed by atoms with Gasteiger partial charge in [0, 0.05) is 41.0 Å². The van der Waals surface area contributed by atoms with Gasteiger partial charge in [-0.1, -0.05) is 42.5 Å². The van der Waals surface area contributed by atoms with E-state index in [1.165, 1.54) is 12.1 Å². The van der Waals surface area contributed by atoms with Crippen LogP contribution in [0.25, 0.3) is 12.7 Å². The number of ether oxygens (including phenoxy) is 1. The number of aromatic nitrogens is 2. The number of carbonyl (C=O) groups excluding carboxylic acids is 1. The maximum absolute atomic E-state index is 13.6. The van der Waals surface area contributed by atoms with Gasteiger partial charge in [0.25, 0.3) is 0 Å². The van der Waals surface area contributed by atoms with E-state index in [0.29, 0.717) is 65.8 Å². The number of aliphatic carboxylic acids is 1. The van der Waals surface area contributed by atoms with Crippen molar-refractivity contribution in [2.75, 3.05) is 6.61 Å². The topological polar surface area (TPSA) is 101 Å². The molecule has 0 saturated carbocycles. The summed E-state index contributed by atoms with van der Waals surface area (Å²) in [6.07, 6.45) is 12.3. The van der Waals surface area contributed by atoms with E-state index in [4.69, 9.17) is 31.4 Å². The summed E-state index contributed by atoms with van der Waals surface area (Å²) in [5, 5.41) is 13.6. The summed E-state index contributed by atoms with van der Waals surface area (Å²) >= 11 is 6.11. The molecule has 0 radical (unpaired) electrons. The largest absolute Gasteiger partial charge is 0.493 e. The second-order valence-electron chi connectivity index (χ2n) is 9.64. The third kappa shape index (κ3) is 7.41. The molecular weight excluding hydrogens is 521 g/mol. The van der Waals surface area contributed by atoms with E-state index in [2.05, 4.69) is 11.9 Å². The molecule has 2 aliphatic rings. The fourth-order valence-electron chi connectivity index (χ4n) is 4.58. The molecule has 0 bridgehead atoms. The highest BCUT2D eigenvalue weighted by Gasteiger charge is 2.24. The second-order valence-corrected chi connectivity index (χ2v) is 10.1. The Morgan fingerprint density at radius 3 is 2.87 bits per heavy atom. The first-order valence-corrected chi connectivity index (χ1v) is 13.3. The number of unbranched alkanes of at least 4 members (excludes halogenated alkanes) is 1. The number of carboxylic acid groups (broad SMARTS) is 1. The molecule has 0 saturated heterocycles. The zero-order chi connectivity index (χ0) is 27.9. The van der Waals surface area contributed by atoms with Crippen LogP contribution in [0.4, 0.5) is 4.39 Å². The normalized spacial score (nSPS) is 19.2. The van der Waals surface area contributed by atoms with Gasteiger partial charge in [-0.25, -0.2) is 14.4 Å².